The third-order valence-electron chi connectivity index (χ3n) is 3.71. The number of carbonyl (C=O) groups excluding carboxylic acids is 1. The minimum absolute atomic E-state index is 0.151. The fraction of sp³-hybridized carbons (Fsp3) is 0.368. The van der Waals surface area contributed by atoms with Crippen LogP contribution in [0.5, 0.6) is 0 Å². The highest BCUT2D eigenvalue weighted by molar-refractivity contribution is 5.95. The first kappa shape index (κ1) is 18.1. The Morgan fingerprint density at radius 2 is 1.92 bits per heavy atom. The van der Waals surface area contributed by atoms with E-state index < -0.39 is 6.10 Å². The average Bonchev–Trinajstić information content (AvgIpc) is 2.55. The number of ether oxygens (including phenoxy) is 1. The Labute approximate surface area is 142 Å². The van der Waals surface area contributed by atoms with Gasteiger partial charge in [-0.3, -0.25) is 9.78 Å². The van der Waals surface area contributed by atoms with Gasteiger partial charge in [-0.15, -0.1) is 0 Å². The molecule has 1 amide bonds. The molecule has 0 aliphatic carbocycles. The molecule has 5 nitrogen and oxygen atoms in total. The molecule has 0 radical (unpaired) electrons. The van der Waals surface area contributed by atoms with Crippen LogP contribution in [0.1, 0.15) is 27.3 Å². The number of hydrogen-bond acceptors (Lipinski definition) is 4. The normalized spacial score (nSPS) is 12.0. The molecule has 1 aromatic carbocycles. The van der Waals surface area contributed by atoms with Crippen LogP contribution in [0.15, 0.2) is 42.5 Å². The largest absolute Gasteiger partial charge is 0.389 e. The molecule has 2 rings (SSSR count). The number of pyridine rings is 1. The van der Waals surface area contributed by atoms with Gasteiger partial charge in [-0.25, -0.2) is 0 Å². The van der Waals surface area contributed by atoms with Crippen LogP contribution < -0.4 is 0 Å². The third kappa shape index (κ3) is 5.15. The Morgan fingerprint density at radius 3 is 2.58 bits per heavy atom. The van der Waals surface area contributed by atoms with Crippen molar-refractivity contribution in [2.24, 2.45) is 0 Å². The highest BCUT2D eigenvalue weighted by Gasteiger charge is 2.18. The van der Waals surface area contributed by atoms with E-state index in [1.54, 1.807) is 13.1 Å². The number of aryl methyl sites for hydroxylation is 2. The van der Waals surface area contributed by atoms with Crippen LogP contribution in [0.2, 0.25) is 0 Å². The molecule has 1 N–H and O–H groups in total. The molecule has 0 spiro atoms. The Hall–Kier alpha value is -2.24. The highest BCUT2D eigenvalue weighted by atomic mass is 16.5. The summed E-state index contributed by atoms with van der Waals surface area (Å²) in [7, 11) is 1.67. The molecule has 24 heavy (non-hydrogen) atoms. The highest BCUT2D eigenvalue weighted by Crippen LogP contribution is 2.10. The Balaban J connectivity index is 1.82. The van der Waals surface area contributed by atoms with Crippen molar-refractivity contribution in [3.05, 3.63) is 65.0 Å². The molecule has 5 heteroatoms. The van der Waals surface area contributed by atoms with Gasteiger partial charge in [0.25, 0.3) is 5.91 Å². The standard InChI is InChI=1S/C19H24N2O3/c1-14-9-10-18(15(2)20-14)19(23)21(3)11-17(22)13-24-12-16-7-5-4-6-8-16/h4-10,17,22H,11-13H2,1-3H3. The van der Waals surface area contributed by atoms with Crippen LogP contribution in [0.3, 0.4) is 0 Å². The zero-order valence-corrected chi connectivity index (χ0v) is 14.4. The van der Waals surface area contributed by atoms with Crippen molar-refractivity contribution >= 4 is 5.91 Å². The molecule has 0 fully saturated rings. The van der Waals surface area contributed by atoms with E-state index in [9.17, 15) is 9.90 Å². The van der Waals surface area contributed by atoms with E-state index in [1.807, 2.05) is 50.2 Å². The molecule has 0 bridgehead atoms. The van der Waals surface area contributed by atoms with E-state index in [0.717, 1.165) is 11.3 Å². The first-order valence-corrected chi connectivity index (χ1v) is 7.97. The van der Waals surface area contributed by atoms with Gasteiger partial charge in [0.05, 0.1) is 30.6 Å². The zero-order valence-electron chi connectivity index (χ0n) is 14.4. The monoisotopic (exact) mass is 328 g/mol. The van der Waals surface area contributed by atoms with Gasteiger partial charge in [-0.05, 0) is 31.5 Å². The van der Waals surface area contributed by atoms with Gasteiger partial charge in [-0.2, -0.15) is 0 Å². The molecular formula is C19H24N2O3. The molecule has 2 aromatic rings. The van der Waals surface area contributed by atoms with E-state index in [4.69, 9.17) is 4.74 Å². The van der Waals surface area contributed by atoms with Gasteiger partial charge in [0.2, 0.25) is 0 Å². The Bertz CT molecular complexity index is 674. The van der Waals surface area contributed by atoms with Crippen molar-refractivity contribution in [2.75, 3.05) is 20.2 Å². The maximum Gasteiger partial charge on any atom is 0.255 e. The third-order valence-corrected chi connectivity index (χ3v) is 3.71. The van der Waals surface area contributed by atoms with Gasteiger partial charge in [0, 0.05) is 19.3 Å². The first-order chi connectivity index (χ1) is 11.5. The summed E-state index contributed by atoms with van der Waals surface area (Å²) >= 11 is 0. The van der Waals surface area contributed by atoms with Gasteiger partial charge >= 0.3 is 0 Å². The number of hydrogen-bond donors (Lipinski definition) is 1. The maximum atomic E-state index is 12.4. The molecule has 1 atom stereocenters. The van der Waals surface area contributed by atoms with Crippen LogP contribution in [0, 0.1) is 13.8 Å². The van der Waals surface area contributed by atoms with Crippen LogP contribution >= 0.6 is 0 Å². The second kappa shape index (κ2) is 8.57. The van der Waals surface area contributed by atoms with Crippen molar-refractivity contribution in [1.29, 1.82) is 0 Å². The summed E-state index contributed by atoms with van der Waals surface area (Å²) in [4.78, 5) is 18.2. The topological polar surface area (TPSA) is 62.7 Å². The van der Waals surface area contributed by atoms with E-state index in [0.29, 0.717) is 17.9 Å². The van der Waals surface area contributed by atoms with Crippen LogP contribution in [-0.4, -0.2) is 47.2 Å². The van der Waals surface area contributed by atoms with Crippen molar-refractivity contribution < 1.29 is 14.6 Å². The summed E-state index contributed by atoms with van der Waals surface area (Å²) in [5, 5.41) is 10.1. The molecule has 0 aliphatic heterocycles. The number of nitrogens with zero attached hydrogens (tertiary/aromatic N) is 2. The Kier molecular flexibility index (Phi) is 6.46. The van der Waals surface area contributed by atoms with E-state index in [2.05, 4.69) is 4.98 Å². The summed E-state index contributed by atoms with van der Waals surface area (Å²) in [6, 6.07) is 13.4. The fourth-order valence-corrected chi connectivity index (χ4v) is 2.46. The maximum absolute atomic E-state index is 12.4. The number of benzene rings is 1. The van der Waals surface area contributed by atoms with Crippen molar-refractivity contribution in [3.63, 3.8) is 0 Å². The van der Waals surface area contributed by atoms with E-state index in [1.165, 1.54) is 4.90 Å². The predicted octanol–water partition coefficient (Wildman–Crippen LogP) is 2.35. The number of amides is 1. The first-order valence-electron chi connectivity index (χ1n) is 7.97. The minimum Gasteiger partial charge on any atom is -0.389 e. The zero-order chi connectivity index (χ0) is 17.5. The van der Waals surface area contributed by atoms with Crippen molar-refractivity contribution in [3.8, 4) is 0 Å². The lowest BCUT2D eigenvalue weighted by molar-refractivity contribution is 0.0136. The van der Waals surface area contributed by atoms with Gasteiger partial charge in [0.1, 0.15) is 0 Å². The molecular weight excluding hydrogens is 304 g/mol. The molecule has 1 unspecified atom stereocenters. The van der Waals surface area contributed by atoms with Crippen molar-refractivity contribution in [2.45, 2.75) is 26.6 Å². The second-order valence-corrected chi connectivity index (χ2v) is 5.93. The fourth-order valence-electron chi connectivity index (χ4n) is 2.46. The van der Waals surface area contributed by atoms with Crippen LogP contribution in [0.4, 0.5) is 0 Å². The van der Waals surface area contributed by atoms with Crippen LogP contribution in [0.25, 0.3) is 0 Å². The quantitative estimate of drug-likeness (QED) is 0.847. The average molecular weight is 328 g/mol. The number of likely N-dealkylation sites (N-methyl/N-ethyl adjacent to an activating group) is 1. The van der Waals surface area contributed by atoms with Crippen molar-refractivity contribution in [1.82, 2.24) is 9.88 Å². The summed E-state index contributed by atoms with van der Waals surface area (Å²) in [5.41, 5.74) is 3.18. The lowest BCUT2D eigenvalue weighted by Crippen LogP contribution is -2.36. The van der Waals surface area contributed by atoms with Gasteiger partial charge in [0.15, 0.2) is 0 Å². The van der Waals surface area contributed by atoms with Gasteiger partial charge in [-0.1, -0.05) is 30.3 Å². The summed E-state index contributed by atoms with van der Waals surface area (Å²) in [6.07, 6.45) is -0.735. The molecule has 0 aliphatic rings. The lowest BCUT2D eigenvalue weighted by atomic mass is 10.1. The number of carbonyl (C=O) groups is 1. The summed E-state index contributed by atoms with van der Waals surface area (Å²) in [6.45, 7) is 4.53. The summed E-state index contributed by atoms with van der Waals surface area (Å²) < 4.78 is 5.51. The molecule has 1 aromatic heterocycles. The number of aliphatic hydroxyl groups excluding tert-OH is 1. The Morgan fingerprint density at radius 1 is 1.21 bits per heavy atom. The molecule has 128 valence electrons. The van der Waals surface area contributed by atoms with E-state index in [-0.39, 0.29) is 19.1 Å². The minimum atomic E-state index is -0.735. The molecule has 1 heterocycles. The van der Waals surface area contributed by atoms with Gasteiger partial charge < -0.3 is 14.7 Å². The SMILES string of the molecule is Cc1ccc(C(=O)N(C)CC(O)COCc2ccccc2)c(C)n1. The summed E-state index contributed by atoms with van der Waals surface area (Å²) in [5.74, 6) is -0.151. The van der Waals surface area contributed by atoms with E-state index >= 15 is 0 Å². The predicted molar refractivity (Wildman–Crippen MR) is 92.8 cm³/mol. The molecule has 0 saturated carbocycles. The molecule has 0 saturated heterocycles. The smallest absolute Gasteiger partial charge is 0.255 e. The number of rotatable bonds is 7. The number of aromatic nitrogens is 1. The number of aliphatic hydroxyl groups is 1. The second-order valence-electron chi connectivity index (χ2n) is 5.93. The lowest BCUT2D eigenvalue weighted by Gasteiger charge is -2.21. The van der Waals surface area contributed by atoms with Crippen LogP contribution in [-0.2, 0) is 11.3 Å².